The van der Waals surface area contributed by atoms with E-state index in [-0.39, 0.29) is 36.8 Å². The molecule has 5 N–H and O–H groups in total. The maximum absolute atomic E-state index is 11.9. The van der Waals surface area contributed by atoms with Crippen LogP contribution in [0.4, 0.5) is 5.69 Å². The fourth-order valence-corrected chi connectivity index (χ4v) is 3.67. The molecule has 5 atom stereocenters. The third kappa shape index (κ3) is 10.7. The standard InChI is InChI=1S/C24H36N2O11/c27-15-18-21(30)22(31)23(32)24(37-18)35-14-6-2-1-5-13-25-19(28)7-3-4-8-20(29)36-17-11-9-16(10-12-17)26(33)34/h9-12,18,21-24,27,30-32H,1-8,13-15H2,(H,25,28)/t18-,21-,22+,23-,24-/m1/s1. The number of benzene rings is 1. The number of ether oxygens (including phenoxy) is 3. The summed E-state index contributed by atoms with van der Waals surface area (Å²) >= 11 is 0. The predicted octanol–water partition coefficient (Wildman–Crippen LogP) is 0.554. The first-order chi connectivity index (χ1) is 17.7. The Hall–Kier alpha value is -2.68. The van der Waals surface area contributed by atoms with Crippen molar-refractivity contribution in [2.75, 3.05) is 19.8 Å². The topological polar surface area (TPSA) is 198 Å². The predicted molar refractivity (Wildman–Crippen MR) is 128 cm³/mol. The molecular weight excluding hydrogens is 492 g/mol. The maximum atomic E-state index is 11.9. The van der Waals surface area contributed by atoms with Crippen molar-refractivity contribution < 1.29 is 49.1 Å². The van der Waals surface area contributed by atoms with Gasteiger partial charge in [-0.15, -0.1) is 0 Å². The van der Waals surface area contributed by atoms with Crippen molar-refractivity contribution in [2.45, 2.75) is 82.1 Å². The molecule has 0 aromatic heterocycles. The maximum Gasteiger partial charge on any atom is 0.311 e. The van der Waals surface area contributed by atoms with Gasteiger partial charge >= 0.3 is 5.97 Å². The van der Waals surface area contributed by atoms with Crippen LogP contribution in [0.25, 0.3) is 0 Å². The lowest BCUT2D eigenvalue weighted by molar-refractivity contribution is -0.384. The number of nitrogens with one attached hydrogen (secondary N) is 1. The van der Waals surface area contributed by atoms with Gasteiger partial charge in [0.05, 0.1) is 11.5 Å². The normalized spacial score (nSPS) is 23.4. The van der Waals surface area contributed by atoms with E-state index >= 15 is 0 Å². The highest BCUT2D eigenvalue weighted by Crippen LogP contribution is 2.22. The van der Waals surface area contributed by atoms with Gasteiger partial charge in [-0.2, -0.15) is 0 Å². The van der Waals surface area contributed by atoms with Gasteiger partial charge in [-0.1, -0.05) is 12.8 Å². The number of hydrogen-bond acceptors (Lipinski definition) is 11. The monoisotopic (exact) mass is 528 g/mol. The average Bonchev–Trinajstić information content (AvgIpc) is 2.88. The second kappa shape index (κ2) is 16.2. The Morgan fingerprint density at radius 1 is 0.946 bits per heavy atom. The molecule has 1 aliphatic rings. The minimum atomic E-state index is -1.46. The van der Waals surface area contributed by atoms with Crippen LogP contribution in [0.5, 0.6) is 5.75 Å². The molecule has 0 spiro atoms. The number of aliphatic hydroxyl groups is 4. The summed E-state index contributed by atoms with van der Waals surface area (Å²) in [5, 5.41) is 52.0. The van der Waals surface area contributed by atoms with Crippen LogP contribution in [0, 0.1) is 10.1 Å². The van der Waals surface area contributed by atoms with Crippen molar-refractivity contribution in [1.29, 1.82) is 0 Å². The number of hydrogen-bond donors (Lipinski definition) is 5. The third-order valence-electron chi connectivity index (χ3n) is 5.84. The highest BCUT2D eigenvalue weighted by molar-refractivity contribution is 5.76. The molecule has 37 heavy (non-hydrogen) atoms. The largest absolute Gasteiger partial charge is 0.427 e. The molecular formula is C24H36N2O11. The Morgan fingerprint density at radius 2 is 1.62 bits per heavy atom. The van der Waals surface area contributed by atoms with Crippen LogP contribution < -0.4 is 10.1 Å². The van der Waals surface area contributed by atoms with Crippen molar-refractivity contribution in [1.82, 2.24) is 5.32 Å². The van der Waals surface area contributed by atoms with Gasteiger partial charge < -0.3 is 40.0 Å². The van der Waals surface area contributed by atoms with Crippen LogP contribution in [0.2, 0.25) is 0 Å². The van der Waals surface area contributed by atoms with Crippen molar-refractivity contribution in [3.05, 3.63) is 34.4 Å². The molecule has 1 aromatic rings. The van der Waals surface area contributed by atoms with Gasteiger partial charge in [-0.05, 0) is 37.8 Å². The zero-order valence-corrected chi connectivity index (χ0v) is 20.6. The number of carbonyl (C=O) groups is 2. The molecule has 0 bridgehead atoms. The number of nitrogens with zero attached hydrogens (tertiary/aromatic N) is 1. The smallest absolute Gasteiger partial charge is 0.311 e. The van der Waals surface area contributed by atoms with Gasteiger partial charge in [0.1, 0.15) is 30.2 Å². The van der Waals surface area contributed by atoms with Crippen LogP contribution in [0.15, 0.2) is 24.3 Å². The molecule has 13 nitrogen and oxygen atoms in total. The molecule has 1 amide bonds. The van der Waals surface area contributed by atoms with E-state index in [0.717, 1.165) is 19.3 Å². The van der Waals surface area contributed by atoms with Gasteiger partial charge in [0.25, 0.3) is 5.69 Å². The molecule has 2 rings (SSSR count). The summed E-state index contributed by atoms with van der Waals surface area (Å²) < 4.78 is 15.8. The molecule has 13 heteroatoms. The van der Waals surface area contributed by atoms with Crippen LogP contribution >= 0.6 is 0 Å². The lowest BCUT2D eigenvalue weighted by Crippen LogP contribution is -2.59. The second-order valence-electron chi connectivity index (χ2n) is 8.76. The number of carbonyl (C=O) groups excluding carboxylic acids is 2. The fraction of sp³-hybridized carbons (Fsp3) is 0.667. The molecule has 0 saturated carbocycles. The van der Waals surface area contributed by atoms with Gasteiger partial charge in [-0.3, -0.25) is 19.7 Å². The van der Waals surface area contributed by atoms with Crippen LogP contribution in [-0.4, -0.2) is 87.7 Å². The first-order valence-electron chi connectivity index (χ1n) is 12.4. The number of nitro groups is 1. The summed E-state index contributed by atoms with van der Waals surface area (Å²) in [7, 11) is 0. The number of aliphatic hydroxyl groups excluding tert-OH is 4. The molecule has 1 saturated heterocycles. The van der Waals surface area contributed by atoms with E-state index in [9.17, 15) is 35.0 Å². The fourth-order valence-electron chi connectivity index (χ4n) is 3.67. The summed E-state index contributed by atoms with van der Waals surface area (Å²) in [5.74, 6) is -0.340. The zero-order valence-electron chi connectivity index (χ0n) is 20.6. The van der Waals surface area contributed by atoms with E-state index in [1.165, 1.54) is 24.3 Å². The van der Waals surface area contributed by atoms with Crippen LogP contribution in [-0.2, 0) is 19.1 Å². The van der Waals surface area contributed by atoms with Crippen molar-refractivity contribution >= 4 is 17.6 Å². The third-order valence-corrected chi connectivity index (χ3v) is 5.84. The second-order valence-corrected chi connectivity index (χ2v) is 8.76. The first kappa shape index (κ1) is 30.5. The summed E-state index contributed by atoms with van der Waals surface area (Å²) in [6.07, 6.45) is -1.89. The quantitative estimate of drug-likeness (QED) is 0.0660. The van der Waals surface area contributed by atoms with E-state index in [1.54, 1.807) is 0 Å². The van der Waals surface area contributed by atoms with Gasteiger partial charge in [0.2, 0.25) is 5.91 Å². The summed E-state index contributed by atoms with van der Waals surface area (Å²) in [6.45, 7) is 0.281. The minimum absolute atomic E-state index is 0.0911. The summed E-state index contributed by atoms with van der Waals surface area (Å²) in [5.41, 5.74) is -0.0911. The Labute approximate surface area is 214 Å². The summed E-state index contributed by atoms with van der Waals surface area (Å²) in [4.78, 5) is 33.8. The molecule has 0 aliphatic carbocycles. The number of non-ortho nitro benzene ring substituents is 1. The SMILES string of the molecule is O=C(CCCCC(=O)Oc1ccc([N+](=O)[O-])cc1)NCCCCCCO[C@@H]1O[C@H](CO)[C@@H](O)[C@H](O)[C@H]1O. The zero-order chi connectivity index (χ0) is 27.2. The molecule has 1 heterocycles. The van der Waals surface area contributed by atoms with Crippen molar-refractivity contribution in [2.24, 2.45) is 0 Å². The van der Waals surface area contributed by atoms with Gasteiger partial charge in [0, 0.05) is 38.1 Å². The van der Waals surface area contributed by atoms with E-state index in [4.69, 9.17) is 19.3 Å². The lowest BCUT2D eigenvalue weighted by atomic mass is 9.99. The Bertz CT molecular complexity index is 850. The number of unbranched alkanes of at least 4 members (excludes halogenated alkanes) is 4. The average molecular weight is 529 g/mol. The number of esters is 1. The molecule has 1 aromatic carbocycles. The highest BCUT2D eigenvalue weighted by Gasteiger charge is 2.43. The van der Waals surface area contributed by atoms with Crippen LogP contribution in [0.1, 0.15) is 51.4 Å². The highest BCUT2D eigenvalue weighted by atomic mass is 16.7. The minimum Gasteiger partial charge on any atom is -0.427 e. The Morgan fingerprint density at radius 3 is 2.30 bits per heavy atom. The van der Waals surface area contributed by atoms with Crippen LogP contribution in [0.3, 0.4) is 0 Å². The molecule has 0 unspecified atom stereocenters. The van der Waals surface area contributed by atoms with Gasteiger partial charge in [0.15, 0.2) is 6.29 Å². The van der Waals surface area contributed by atoms with E-state index < -0.39 is 48.2 Å². The molecule has 0 radical (unpaired) electrons. The summed E-state index contributed by atoms with van der Waals surface area (Å²) in [6, 6.07) is 5.23. The van der Waals surface area contributed by atoms with Gasteiger partial charge in [-0.25, -0.2) is 0 Å². The number of rotatable bonds is 16. The molecule has 208 valence electrons. The Kier molecular flexibility index (Phi) is 13.4. The molecule has 1 aliphatic heterocycles. The van der Waals surface area contributed by atoms with Crippen molar-refractivity contribution in [3.63, 3.8) is 0 Å². The first-order valence-corrected chi connectivity index (χ1v) is 12.4. The van der Waals surface area contributed by atoms with E-state index in [2.05, 4.69) is 5.32 Å². The van der Waals surface area contributed by atoms with E-state index in [0.29, 0.717) is 25.8 Å². The van der Waals surface area contributed by atoms with E-state index in [1.807, 2.05) is 0 Å². The molecule has 1 fully saturated rings. The van der Waals surface area contributed by atoms with Crippen molar-refractivity contribution in [3.8, 4) is 5.75 Å². The number of nitro benzene ring substituents is 1. The lowest BCUT2D eigenvalue weighted by Gasteiger charge is -2.39. The Balaban J connectivity index is 1.45. The number of amides is 1.